The second-order valence-corrected chi connectivity index (χ2v) is 7.78. The summed E-state index contributed by atoms with van der Waals surface area (Å²) in [5, 5.41) is 4.62. The van der Waals surface area contributed by atoms with Crippen molar-refractivity contribution >= 4 is 45.8 Å². The minimum Gasteiger partial charge on any atom is -0.280 e. The second-order valence-electron chi connectivity index (χ2n) is 6.57. The molecule has 0 N–H and O–H groups in total. The molecule has 9 heteroatoms. The fourth-order valence-electron chi connectivity index (χ4n) is 3.41. The Morgan fingerprint density at radius 2 is 1.75 bits per heavy atom. The van der Waals surface area contributed by atoms with E-state index in [2.05, 4.69) is 5.10 Å². The largest absolute Gasteiger partial charge is 0.417 e. The van der Waals surface area contributed by atoms with Gasteiger partial charge in [-0.05, 0) is 65.5 Å². The molecule has 1 aliphatic rings. The highest BCUT2D eigenvalue weighted by atomic mass is 35.5. The standard InChI is InChI=1S/C19H14Cl3F3N2O/c1-10-5-11(3-4-15(10)17(22)28)16-9-18(19(23,24)25,27(2)26-16)12-6-13(20)8-14(21)7-12/h3-8H,9H2,1-2H3. The van der Waals surface area contributed by atoms with Crippen molar-refractivity contribution < 1.29 is 18.0 Å². The Kier molecular flexibility index (Phi) is 5.42. The fourth-order valence-corrected chi connectivity index (χ4v) is 4.15. The third-order valence-corrected chi connectivity index (χ3v) is 5.47. The van der Waals surface area contributed by atoms with E-state index >= 15 is 0 Å². The first-order valence-electron chi connectivity index (χ1n) is 8.11. The van der Waals surface area contributed by atoms with Crippen LogP contribution in [0.4, 0.5) is 13.2 Å². The molecule has 0 bridgehead atoms. The lowest BCUT2D eigenvalue weighted by Crippen LogP contribution is -2.50. The van der Waals surface area contributed by atoms with Gasteiger partial charge in [0.1, 0.15) is 0 Å². The van der Waals surface area contributed by atoms with E-state index in [9.17, 15) is 18.0 Å². The third kappa shape index (κ3) is 3.49. The predicted octanol–water partition coefficient (Wildman–Crippen LogP) is 6.18. The fraction of sp³-hybridized carbons (Fsp3) is 0.263. The van der Waals surface area contributed by atoms with E-state index in [0.29, 0.717) is 16.7 Å². The van der Waals surface area contributed by atoms with Crippen LogP contribution in [0.5, 0.6) is 0 Å². The molecule has 3 rings (SSSR count). The van der Waals surface area contributed by atoms with Crippen molar-refractivity contribution in [1.29, 1.82) is 0 Å². The molecule has 0 fully saturated rings. The molecule has 0 saturated carbocycles. The summed E-state index contributed by atoms with van der Waals surface area (Å²) in [6.45, 7) is 1.66. The first-order chi connectivity index (χ1) is 13.0. The van der Waals surface area contributed by atoms with Gasteiger partial charge in [0, 0.05) is 29.1 Å². The molecule has 1 atom stereocenters. The summed E-state index contributed by atoms with van der Waals surface area (Å²) in [6, 6.07) is 8.48. The van der Waals surface area contributed by atoms with Gasteiger partial charge in [-0.15, -0.1) is 0 Å². The maximum absolute atomic E-state index is 14.3. The highest BCUT2D eigenvalue weighted by Crippen LogP contribution is 2.50. The molecule has 1 heterocycles. The number of carbonyl (C=O) groups is 1. The monoisotopic (exact) mass is 448 g/mol. The molecule has 1 unspecified atom stereocenters. The van der Waals surface area contributed by atoms with Crippen LogP contribution < -0.4 is 0 Å². The van der Waals surface area contributed by atoms with E-state index in [1.165, 1.54) is 37.4 Å². The highest BCUT2D eigenvalue weighted by molar-refractivity contribution is 6.67. The number of carbonyl (C=O) groups excluding carboxylic acids is 1. The Bertz CT molecular complexity index is 971. The molecular formula is C19H14Cl3F3N2O. The first-order valence-corrected chi connectivity index (χ1v) is 9.24. The summed E-state index contributed by atoms with van der Waals surface area (Å²) >= 11 is 17.4. The maximum Gasteiger partial charge on any atom is 0.417 e. The summed E-state index contributed by atoms with van der Waals surface area (Å²) in [4.78, 5) is 11.4. The van der Waals surface area contributed by atoms with Gasteiger partial charge in [-0.1, -0.05) is 29.3 Å². The van der Waals surface area contributed by atoms with E-state index in [1.807, 2.05) is 0 Å². The van der Waals surface area contributed by atoms with Gasteiger partial charge in [0.25, 0.3) is 5.24 Å². The second kappa shape index (κ2) is 7.25. The van der Waals surface area contributed by atoms with E-state index < -0.39 is 23.4 Å². The number of hydrazone groups is 1. The molecule has 0 aromatic heterocycles. The van der Waals surface area contributed by atoms with Crippen molar-refractivity contribution in [2.24, 2.45) is 5.10 Å². The molecule has 0 saturated heterocycles. The molecule has 2 aromatic carbocycles. The van der Waals surface area contributed by atoms with Crippen molar-refractivity contribution in [3.63, 3.8) is 0 Å². The molecule has 0 amide bonds. The summed E-state index contributed by atoms with van der Waals surface area (Å²) in [7, 11) is 1.26. The number of aryl methyl sites for hydroxylation is 1. The summed E-state index contributed by atoms with van der Waals surface area (Å²) in [6.07, 6.45) is -5.08. The van der Waals surface area contributed by atoms with Crippen LogP contribution in [0.15, 0.2) is 41.5 Å². The Morgan fingerprint density at radius 3 is 2.25 bits per heavy atom. The summed E-state index contributed by atoms with van der Waals surface area (Å²) in [5.74, 6) is 0. The number of benzene rings is 2. The third-order valence-electron chi connectivity index (χ3n) is 4.83. The molecular weight excluding hydrogens is 436 g/mol. The summed E-state index contributed by atoms with van der Waals surface area (Å²) < 4.78 is 42.9. The summed E-state index contributed by atoms with van der Waals surface area (Å²) in [5.41, 5.74) is -0.953. The van der Waals surface area contributed by atoms with E-state index in [-0.39, 0.29) is 21.3 Å². The zero-order chi connectivity index (χ0) is 20.9. The Labute approximate surface area is 174 Å². The number of hydrogen-bond donors (Lipinski definition) is 0. The van der Waals surface area contributed by atoms with Gasteiger partial charge in [0.2, 0.25) is 0 Å². The van der Waals surface area contributed by atoms with Gasteiger partial charge in [0.15, 0.2) is 5.54 Å². The minimum atomic E-state index is -4.65. The maximum atomic E-state index is 14.3. The first kappa shape index (κ1) is 21.0. The number of halogens is 6. The topological polar surface area (TPSA) is 32.7 Å². The molecule has 0 radical (unpaired) electrons. The number of nitrogens with zero attached hydrogens (tertiary/aromatic N) is 2. The molecule has 1 aliphatic heterocycles. The average Bonchev–Trinajstić information content (AvgIpc) is 2.92. The van der Waals surface area contributed by atoms with E-state index in [0.717, 1.165) is 5.01 Å². The Hall–Kier alpha value is -1.76. The van der Waals surface area contributed by atoms with Crippen molar-refractivity contribution in [2.75, 3.05) is 7.05 Å². The van der Waals surface area contributed by atoms with Crippen LogP contribution >= 0.6 is 34.8 Å². The molecule has 0 aliphatic carbocycles. The van der Waals surface area contributed by atoms with Crippen LogP contribution in [0.2, 0.25) is 10.0 Å². The molecule has 3 nitrogen and oxygen atoms in total. The van der Waals surface area contributed by atoms with Crippen LogP contribution in [0.1, 0.15) is 33.5 Å². The lowest BCUT2D eigenvalue weighted by Gasteiger charge is -2.37. The lowest BCUT2D eigenvalue weighted by atomic mass is 9.83. The van der Waals surface area contributed by atoms with Crippen LogP contribution in [0.25, 0.3) is 0 Å². The van der Waals surface area contributed by atoms with Gasteiger partial charge in [-0.2, -0.15) is 18.3 Å². The quantitative estimate of drug-likeness (QED) is 0.524. The molecule has 148 valence electrons. The normalized spacial score (nSPS) is 19.7. The van der Waals surface area contributed by atoms with Crippen LogP contribution in [-0.4, -0.2) is 29.2 Å². The molecule has 0 spiro atoms. The Morgan fingerprint density at radius 1 is 1.14 bits per heavy atom. The molecule has 28 heavy (non-hydrogen) atoms. The van der Waals surface area contributed by atoms with Gasteiger partial charge in [-0.3, -0.25) is 9.80 Å². The van der Waals surface area contributed by atoms with Gasteiger partial charge >= 0.3 is 6.18 Å². The lowest BCUT2D eigenvalue weighted by molar-refractivity contribution is -0.227. The van der Waals surface area contributed by atoms with Crippen molar-refractivity contribution in [1.82, 2.24) is 5.01 Å². The van der Waals surface area contributed by atoms with Crippen molar-refractivity contribution in [3.8, 4) is 0 Å². The molecule has 2 aromatic rings. The highest BCUT2D eigenvalue weighted by Gasteiger charge is 2.62. The van der Waals surface area contributed by atoms with Gasteiger partial charge < -0.3 is 0 Å². The van der Waals surface area contributed by atoms with Gasteiger partial charge in [-0.25, -0.2) is 0 Å². The van der Waals surface area contributed by atoms with E-state index in [1.54, 1.807) is 13.0 Å². The smallest absolute Gasteiger partial charge is 0.280 e. The Balaban J connectivity index is 2.10. The van der Waals surface area contributed by atoms with Crippen molar-refractivity contribution in [3.05, 3.63) is 68.7 Å². The minimum absolute atomic E-state index is 0.0944. The van der Waals surface area contributed by atoms with E-state index in [4.69, 9.17) is 34.8 Å². The van der Waals surface area contributed by atoms with Crippen LogP contribution in [0.3, 0.4) is 0 Å². The average molecular weight is 450 g/mol. The van der Waals surface area contributed by atoms with Crippen molar-refractivity contribution in [2.45, 2.75) is 25.1 Å². The van der Waals surface area contributed by atoms with Crippen LogP contribution in [0, 0.1) is 6.92 Å². The predicted molar refractivity (Wildman–Crippen MR) is 104 cm³/mol. The number of alkyl halides is 3. The number of rotatable bonds is 3. The number of hydrogen-bond acceptors (Lipinski definition) is 3. The SMILES string of the molecule is Cc1cc(C2=NN(C)C(c3cc(Cl)cc(Cl)c3)(C(F)(F)F)C2)ccc1C(=O)Cl. The van der Waals surface area contributed by atoms with Gasteiger partial charge in [0.05, 0.1) is 5.71 Å². The zero-order valence-electron chi connectivity index (χ0n) is 14.7. The van der Waals surface area contributed by atoms with Crippen LogP contribution in [-0.2, 0) is 5.54 Å². The zero-order valence-corrected chi connectivity index (χ0v) is 17.0.